The lowest BCUT2D eigenvalue weighted by Crippen LogP contribution is -2.42. The molecule has 0 aromatic rings. The molecular formula is C14H27F3N2. The lowest BCUT2D eigenvalue weighted by molar-refractivity contribution is -0.138. The van der Waals surface area contributed by atoms with Crippen LogP contribution in [0.15, 0.2) is 0 Å². The SMILES string of the molecule is CCCC(C)(CNC1CC1)CN(C)CCC(F)(F)F. The van der Waals surface area contributed by atoms with E-state index >= 15 is 0 Å². The Balaban J connectivity index is 2.36. The Morgan fingerprint density at radius 1 is 1.21 bits per heavy atom. The van der Waals surface area contributed by atoms with Crippen LogP contribution in [0, 0.1) is 5.41 Å². The minimum atomic E-state index is -4.05. The van der Waals surface area contributed by atoms with Gasteiger partial charge in [0.05, 0.1) is 6.42 Å². The number of halogens is 3. The molecule has 19 heavy (non-hydrogen) atoms. The van der Waals surface area contributed by atoms with Gasteiger partial charge in [0, 0.05) is 25.7 Å². The van der Waals surface area contributed by atoms with Gasteiger partial charge in [0.25, 0.3) is 0 Å². The van der Waals surface area contributed by atoms with E-state index in [9.17, 15) is 13.2 Å². The molecule has 1 aliphatic rings. The van der Waals surface area contributed by atoms with Crippen molar-refractivity contribution in [2.45, 2.75) is 58.2 Å². The fraction of sp³-hybridized carbons (Fsp3) is 1.00. The summed E-state index contributed by atoms with van der Waals surface area (Å²) in [6.07, 6.45) is -0.180. The maximum atomic E-state index is 12.2. The summed E-state index contributed by atoms with van der Waals surface area (Å²) in [5.74, 6) is 0. The monoisotopic (exact) mass is 280 g/mol. The van der Waals surface area contributed by atoms with E-state index in [1.165, 1.54) is 12.8 Å². The van der Waals surface area contributed by atoms with E-state index in [1.54, 1.807) is 7.05 Å². The second kappa shape index (κ2) is 6.93. The molecule has 0 aromatic heterocycles. The lowest BCUT2D eigenvalue weighted by atomic mass is 9.84. The number of hydrogen-bond donors (Lipinski definition) is 1. The van der Waals surface area contributed by atoms with Crippen LogP contribution in [-0.4, -0.2) is 43.8 Å². The molecule has 1 unspecified atom stereocenters. The van der Waals surface area contributed by atoms with Gasteiger partial charge in [-0.1, -0.05) is 20.3 Å². The number of alkyl halides is 3. The summed E-state index contributed by atoms with van der Waals surface area (Å²) in [6.45, 7) is 6.02. The van der Waals surface area contributed by atoms with Gasteiger partial charge in [0.15, 0.2) is 0 Å². The normalized spacial score (nSPS) is 19.7. The standard InChI is InChI=1S/C14H27F3N2/c1-4-7-13(2,10-18-12-5-6-12)11-19(3)9-8-14(15,16)17/h12,18H,4-11H2,1-3H3. The van der Waals surface area contributed by atoms with E-state index in [-0.39, 0.29) is 12.0 Å². The summed E-state index contributed by atoms with van der Waals surface area (Å²) >= 11 is 0. The third-order valence-corrected chi connectivity index (χ3v) is 3.68. The van der Waals surface area contributed by atoms with Crippen LogP contribution in [0.1, 0.15) is 46.0 Å². The molecule has 5 heteroatoms. The quantitative estimate of drug-likeness (QED) is 0.696. The average Bonchev–Trinajstić information content (AvgIpc) is 3.07. The first-order valence-corrected chi connectivity index (χ1v) is 7.23. The molecule has 0 bridgehead atoms. The van der Waals surface area contributed by atoms with Crippen LogP contribution < -0.4 is 5.32 Å². The molecule has 0 heterocycles. The predicted octanol–water partition coefficient (Wildman–Crippen LogP) is 3.43. The number of nitrogens with zero attached hydrogens (tertiary/aromatic N) is 1. The third kappa shape index (κ3) is 7.78. The van der Waals surface area contributed by atoms with E-state index < -0.39 is 12.6 Å². The molecule has 1 saturated carbocycles. The highest BCUT2D eigenvalue weighted by atomic mass is 19.4. The van der Waals surface area contributed by atoms with Crippen molar-refractivity contribution in [3.05, 3.63) is 0 Å². The molecule has 1 atom stereocenters. The van der Waals surface area contributed by atoms with Crippen LogP contribution in [0.25, 0.3) is 0 Å². The molecular weight excluding hydrogens is 253 g/mol. The smallest absolute Gasteiger partial charge is 0.313 e. The second-order valence-corrected chi connectivity index (χ2v) is 6.32. The van der Waals surface area contributed by atoms with Crippen LogP contribution in [0.3, 0.4) is 0 Å². The van der Waals surface area contributed by atoms with Crippen LogP contribution in [0.5, 0.6) is 0 Å². The van der Waals surface area contributed by atoms with Gasteiger partial charge in [-0.05, 0) is 31.7 Å². The van der Waals surface area contributed by atoms with Crippen molar-refractivity contribution in [3.8, 4) is 0 Å². The number of rotatable bonds is 9. The van der Waals surface area contributed by atoms with Crippen molar-refractivity contribution < 1.29 is 13.2 Å². The Morgan fingerprint density at radius 3 is 2.32 bits per heavy atom. The van der Waals surface area contributed by atoms with Gasteiger partial charge in [-0.2, -0.15) is 13.2 Å². The van der Waals surface area contributed by atoms with Gasteiger partial charge in [-0.25, -0.2) is 0 Å². The van der Waals surface area contributed by atoms with E-state index in [0.29, 0.717) is 6.04 Å². The van der Waals surface area contributed by atoms with E-state index in [1.807, 2.05) is 4.90 Å². The van der Waals surface area contributed by atoms with E-state index in [2.05, 4.69) is 19.2 Å². The topological polar surface area (TPSA) is 15.3 Å². The maximum absolute atomic E-state index is 12.2. The van der Waals surface area contributed by atoms with Crippen molar-refractivity contribution >= 4 is 0 Å². The van der Waals surface area contributed by atoms with Crippen molar-refractivity contribution in [3.63, 3.8) is 0 Å². The van der Waals surface area contributed by atoms with Crippen LogP contribution in [-0.2, 0) is 0 Å². The molecule has 1 rings (SSSR count). The van der Waals surface area contributed by atoms with Crippen molar-refractivity contribution in [2.24, 2.45) is 5.41 Å². The van der Waals surface area contributed by atoms with Gasteiger partial charge in [-0.3, -0.25) is 0 Å². The summed E-state index contributed by atoms with van der Waals surface area (Å²) in [5.41, 5.74) is 0.0672. The molecule has 0 spiro atoms. The molecule has 1 aliphatic carbocycles. The van der Waals surface area contributed by atoms with Crippen LogP contribution in [0.2, 0.25) is 0 Å². The minimum Gasteiger partial charge on any atom is -0.313 e. The van der Waals surface area contributed by atoms with Crippen molar-refractivity contribution in [1.82, 2.24) is 10.2 Å². The number of nitrogens with one attached hydrogen (secondary N) is 1. The van der Waals surface area contributed by atoms with E-state index in [4.69, 9.17) is 0 Å². The van der Waals surface area contributed by atoms with Crippen LogP contribution in [0.4, 0.5) is 13.2 Å². The van der Waals surface area contributed by atoms with Gasteiger partial charge in [0.1, 0.15) is 0 Å². The van der Waals surface area contributed by atoms with Crippen molar-refractivity contribution in [1.29, 1.82) is 0 Å². The Labute approximate surface area is 114 Å². The summed E-state index contributed by atoms with van der Waals surface area (Å²) in [6, 6.07) is 0.650. The summed E-state index contributed by atoms with van der Waals surface area (Å²) in [4.78, 5) is 1.82. The van der Waals surface area contributed by atoms with Crippen molar-refractivity contribution in [2.75, 3.05) is 26.7 Å². The Hall–Kier alpha value is -0.290. The molecule has 1 N–H and O–H groups in total. The molecule has 1 fully saturated rings. The highest BCUT2D eigenvalue weighted by Crippen LogP contribution is 2.27. The van der Waals surface area contributed by atoms with Crippen LogP contribution >= 0.6 is 0 Å². The second-order valence-electron chi connectivity index (χ2n) is 6.32. The zero-order chi connectivity index (χ0) is 14.5. The molecule has 0 saturated heterocycles. The maximum Gasteiger partial charge on any atom is 0.390 e. The minimum absolute atomic E-state index is 0.0672. The predicted molar refractivity (Wildman–Crippen MR) is 72.2 cm³/mol. The van der Waals surface area contributed by atoms with Gasteiger partial charge >= 0.3 is 6.18 Å². The first-order valence-electron chi connectivity index (χ1n) is 7.23. The first kappa shape index (κ1) is 16.8. The fourth-order valence-corrected chi connectivity index (χ4v) is 2.55. The molecule has 0 amide bonds. The Bertz CT molecular complexity index is 264. The van der Waals surface area contributed by atoms with Gasteiger partial charge in [0.2, 0.25) is 0 Å². The zero-order valence-corrected chi connectivity index (χ0v) is 12.3. The first-order chi connectivity index (χ1) is 8.74. The average molecular weight is 280 g/mol. The Kier molecular flexibility index (Phi) is 6.12. The molecule has 2 nitrogen and oxygen atoms in total. The fourth-order valence-electron chi connectivity index (χ4n) is 2.55. The lowest BCUT2D eigenvalue weighted by Gasteiger charge is -2.34. The summed E-state index contributed by atoms with van der Waals surface area (Å²) in [7, 11) is 1.79. The summed E-state index contributed by atoms with van der Waals surface area (Å²) < 4.78 is 36.7. The molecule has 114 valence electrons. The highest BCUT2D eigenvalue weighted by molar-refractivity contribution is 4.87. The Morgan fingerprint density at radius 2 is 1.84 bits per heavy atom. The highest BCUT2D eigenvalue weighted by Gasteiger charge is 2.31. The third-order valence-electron chi connectivity index (χ3n) is 3.68. The largest absolute Gasteiger partial charge is 0.390 e. The molecule has 0 aromatic carbocycles. The summed E-state index contributed by atoms with van der Waals surface area (Å²) in [5, 5.41) is 3.51. The zero-order valence-electron chi connectivity index (χ0n) is 12.3. The molecule has 0 radical (unpaired) electrons. The van der Waals surface area contributed by atoms with E-state index in [0.717, 1.165) is 25.9 Å². The van der Waals surface area contributed by atoms with Gasteiger partial charge in [-0.15, -0.1) is 0 Å². The number of hydrogen-bond acceptors (Lipinski definition) is 2. The van der Waals surface area contributed by atoms with Gasteiger partial charge < -0.3 is 10.2 Å². The molecule has 0 aliphatic heterocycles.